The predicted molar refractivity (Wildman–Crippen MR) is 68.8 cm³/mol. The van der Waals surface area contributed by atoms with Crippen LogP contribution in [0.1, 0.15) is 18.1 Å². The smallest absolute Gasteiger partial charge is 0.304 e. The number of morpholine rings is 1. The van der Waals surface area contributed by atoms with Gasteiger partial charge in [0.1, 0.15) is 5.82 Å². The molecule has 0 saturated carbocycles. The Morgan fingerprint density at radius 2 is 2.37 bits per heavy atom. The fourth-order valence-electron chi connectivity index (χ4n) is 2.07. The van der Waals surface area contributed by atoms with E-state index in [1.165, 1.54) is 6.07 Å². The molecule has 4 nitrogen and oxygen atoms in total. The summed E-state index contributed by atoms with van der Waals surface area (Å²) in [5.41, 5.74) is 0.812. The molecule has 0 amide bonds. The summed E-state index contributed by atoms with van der Waals surface area (Å²) in [6, 6.07) is 4.52. The molecule has 1 unspecified atom stereocenters. The van der Waals surface area contributed by atoms with E-state index in [0.717, 1.165) is 5.56 Å². The first-order chi connectivity index (χ1) is 9.06. The van der Waals surface area contributed by atoms with Gasteiger partial charge in [-0.1, -0.05) is 17.7 Å². The van der Waals surface area contributed by atoms with Crippen molar-refractivity contribution in [2.75, 3.05) is 26.2 Å². The highest BCUT2D eigenvalue weighted by Crippen LogP contribution is 2.26. The summed E-state index contributed by atoms with van der Waals surface area (Å²) < 4.78 is 18.7. The highest BCUT2D eigenvalue weighted by atomic mass is 35.5. The van der Waals surface area contributed by atoms with E-state index < -0.39 is 11.8 Å². The lowest BCUT2D eigenvalue weighted by Crippen LogP contribution is -2.39. The van der Waals surface area contributed by atoms with Crippen LogP contribution in [-0.4, -0.2) is 42.2 Å². The summed E-state index contributed by atoms with van der Waals surface area (Å²) in [6.45, 7) is 2.32. The highest BCUT2D eigenvalue weighted by molar-refractivity contribution is 6.30. The maximum atomic E-state index is 13.1. The van der Waals surface area contributed by atoms with Crippen LogP contribution in [-0.2, 0) is 9.53 Å². The van der Waals surface area contributed by atoms with E-state index in [9.17, 15) is 9.18 Å². The number of carboxylic acid groups (broad SMARTS) is 1. The molecule has 0 aliphatic carbocycles. The van der Waals surface area contributed by atoms with Crippen molar-refractivity contribution < 1.29 is 19.0 Å². The molecule has 1 aliphatic rings. The van der Waals surface area contributed by atoms with Gasteiger partial charge in [-0.05, 0) is 17.7 Å². The summed E-state index contributed by atoms with van der Waals surface area (Å²) in [5.74, 6) is -1.27. The summed E-state index contributed by atoms with van der Waals surface area (Å²) in [4.78, 5) is 12.6. The quantitative estimate of drug-likeness (QED) is 0.923. The molecule has 1 aromatic rings. The molecule has 0 radical (unpaired) electrons. The molecular weight excluding hydrogens is 273 g/mol. The van der Waals surface area contributed by atoms with E-state index in [1.54, 1.807) is 12.1 Å². The Labute approximate surface area is 115 Å². The van der Waals surface area contributed by atoms with E-state index in [4.69, 9.17) is 21.4 Å². The van der Waals surface area contributed by atoms with Crippen LogP contribution >= 0.6 is 11.6 Å². The van der Waals surface area contributed by atoms with E-state index >= 15 is 0 Å². The number of hydrogen-bond acceptors (Lipinski definition) is 3. The predicted octanol–water partition coefficient (Wildman–Crippen LogP) is 2.33. The van der Waals surface area contributed by atoms with Gasteiger partial charge in [0.05, 0.1) is 24.2 Å². The van der Waals surface area contributed by atoms with E-state index in [-0.39, 0.29) is 17.5 Å². The molecule has 1 fully saturated rings. The maximum absolute atomic E-state index is 13.1. The van der Waals surface area contributed by atoms with Gasteiger partial charge in [-0.2, -0.15) is 0 Å². The van der Waals surface area contributed by atoms with Gasteiger partial charge in [0.15, 0.2) is 0 Å². The Balaban J connectivity index is 2.00. The minimum Gasteiger partial charge on any atom is -0.481 e. The number of halogens is 2. The first-order valence-corrected chi connectivity index (χ1v) is 6.45. The number of hydrogen-bond donors (Lipinski definition) is 1. The monoisotopic (exact) mass is 287 g/mol. The lowest BCUT2D eigenvalue weighted by atomic mass is 10.1. The Bertz CT molecular complexity index is 469. The Morgan fingerprint density at radius 1 is 1.58 bits per heavy atom. The number of ether oxygens (including phenoxy) is 1. The molecule has 19 heavy (non-hydrogen) atoms. The normalized spacial score (nSPS) is 20.4. The summed E-state index contributed by atoms with van der Waals surface area (Å²) in [6.07, 6.45) is -0.0858. The zero-order valence-electron chi connectivity index (χ0n) is 10.3. The van der Waals surface area contributed by atoms with Gasteiger partial charge in [0.2, 0.25) is 0 Å². The van der Waals surface area contributed by atoms with Crippen LogP contribution in [0.4, 0.5) is 4.39 Å². The zero-order chi connectivity index (χ0) is 13.8. The largest absolute Gasteiger partial charge is 0.481 e. The number of aliphatic carboxylic acids is 1. The standard InChI is InChI=1S/C13H15ClFNO3/c14-10-7-9(1-2-11(10)15)12-8-16(5-6-19-12)4-3-13(17)18/h1-2,7,12H,3-6,8H2,(H,17,18). The average molecular weight is 288 g/mol. The lowest BCUT2D eigenvalue weighted by molar-refractivity contribution is -0.137. The number of carboxylic acids is 1. The molecule has 1 heterocycles. The number of nitrogens with zero attached hydrogens (tertiary/aromatic N) is 1. The summed E-state index contributed by atoms with van der Waals surface area (Å²) in [7, 11) is 0. The van der Waals surface area contributed by atoms with Gasteiger partial charge >= 0.3 is 5.97 Å². The molecule has 1 atom stereocenters. The van der Waals surface area contributed by atoms with Crippen molar-refractivity contribution in [2.45, 2.75) is 12.5 Å². The van der Waals surface area contributed by atoms with Crippen LogP contribution in [0.3, 0.4) is 0 Å². The van der Waals surface area contributed by atoms with Crippen molar-refractivity contribution in [1.82, 2.24) is 4.90 Å². The van der Waals surface area contributed by atoms with Crippen LogP contribution in [0.25, 0.3) is 0 Å². The molecule has 1 aromatic carbocycles. The average Bonchev–Trinajstić information content (AvgIpc) is 2.40. The second kappa shape index (κ2) is 6.32. The van der Waals surface area contributed by atoms with E-state index in [0.29, 0.717) is 26.2 Å². The molecule has 1 N–H and O–H groups in total. The van der Waals surface area contributed by atoms with E-state index in [2.05, 4.69) is 0 Å². The second-order valence-electron chi connectivity index (χ2n) is 4.48. The summed E-state index contributed by atoms with van der Waals surface area (Å²) in [5, 5.41) is 8.75. The van der Waals surface area contributed by atoms with Crippen LogP contribution in [0, 0.1) is 5.82 Å². The van der Waals surface area contributed by atoms with Crippen LogP contribution < -0.4 is 0 Å². The Hall–Kier alpha value is -1.17. The molecule has 104 valence electrons. The van der Waals surface area contributed by atoms with Gasteiger partial charge in [0, 0.05) is 19.6 Å². The van der Waals surface area contributed by atoms with Gasteiger partial charge in [0.25, 0.3) is 0 Å². The molecule has 0 bridgehead atoms. The SMILES string of the molecule is O=C(O)CCN1CCOC(c2ccc(F)c(Cl)c2)C1. The van der Waals surface area contributed by atoms with Gasteiger partial charge in [-0.15, -0.1) is 0 Å². The van der Waals surface area contributed by atoms with Gasteiger partial charge in [-0.3, -0.25) is 9.69 Å². The number of rotatable bonds is 4. The lowest BCUT2D eigenvalue weighted by Gasteiger charge is -2.32. The third-order valence-corrected chi connectivity index (χ3v) is 3.40. The minimum absolute atomic E-state index is 0.0729. The molecule has 0 spiro atoms. The number of carbonyl (C=O) groups is 1. The van der Waals surface area contributed by atoms with Crippen LogP contribution in [0.15, 0.2) is 18.2 Å². The van der Waals surface area contributed by atoms with Crippen LogP contribution in [0.5, 0.6) is 0 Å². The number of benzene rings is 1. The van der Waals surface area contributed by atoms with Crippen molar-refractivity contribution in [1.29, 1.82) is 0 Å². The first kappa shape index (κ1) is 14.2. The van der Waals surface area contributed by atoms with Crippen LogP contribution in [0.2, 0.25) is 5.02 Å². The highest BCUT2D eigenvalue weighted by Gasteiger charge is 2.22. The van der Waals surface area contributed by atoms with E-state index in [1.807, 2.05) is 4.90 Å². The second-order valence-corrected chi connectivity index (χ2v) is 4.88. The molecule has 2 rings (SSSR count). The maximum Gasteiger partial charge on any atom is 0.304 e. The zero-order valence-corrected chi connectivity index (χ0v) is 11.1. The molecule has 6 heteroatoms. The van der Waals surface area contributed by atoms with Gasteiger partial charge in [-0.25, -0.2) is 4.39 Å². The summed E-state index contributed by atoms with van der Waals surface area (Å²) >= 11 is 5.75. The fourth-order valence-corrected chi connectivity index (χ4v) is 2.26. The third-order valence-electron chi connectivity index (χ3n) is 3.11. The Kier molecular flexibility index (Phi) is 4.74. The minimum atomic E-state index is -0.812. The van der Waals surface area contributed by atoms with Crippen molar-refractivity contribution in [3.05, 3.63) is 34.6 Å². The molecule has 1 aliphatic heterocycles. The van der Waals surface area contributed by atoms with Gasteiger partial charge < -0.3 is 9.84 Å². The topological polar surface area (TPSA) is 49.8 Å². The molecular formula is C13H15ClFNO3. The fraction of sp³-hybridized carbons (Fsp3) is 0.462. The van der Waals surface area contributed by atoms with Crippen molar-refractivity contribution in [2.24, 2.45) is 0 Å². The van der Waals surface area contributed by atoms with Crippen molar-refractivity contribution in [3.63, 3.8) is 0 Å². The van der Waals surface area contributed by atoms with Crippen molar-refractivity contribution >= 4 is 17.6 Å². The molecule has 1 saturated heterocycles. The first-order valence-electron chi connectivity index (χ1n) is 6.07. The van der Waals surface area contributed by atoms with Crippen molar-refractivity contribution in [3.8, 4) is 0 Å². The Morgan fingerprint density at radius 3 is 3.05 bits per heavy atom. The molecule has 0 aromatic heterocycles. The third kappa shape index (κ3) is 3.89.